The van der Waals surface area contributed by atoms with Gasteiger partial charge in [0, 0.05) is 6.54 Å². The van der Waals surface area contributed by atoms with Crippen molar-refractivity contribution >= 4 is 11.9 Å². The number of carbonyl (C=O) groups is 2. The minimum absolute atomic E-state index is 0.188. The van der Waals surface area contributed by atoms with E-state index in [4.69, 9.17) is 19.7 Å². The SMILES string of the molecule is O=C(O)C(F)(F)F.O=C(O)CCNCCCc1ccc(OCC2CCCCC2)cc1. The molecule has 6 nitrogen and oxygen atoms in total. The van der Waals surface area contributed by atoms with E-state index < -0.39 is 18.1 Å². The number of carboxylic acid groups (broad SMARTS) is 2. The first kappa shape index (κ1) is 25.7. The zero-order chi connectivity index (χ0) is 22.4. The zero-order valence-corrected chi connectivity index (χ0v) is 16.9. The Bertz CT molecular complexity index is 629. The van der Waals surface area contributed by atoms with Crippen LogP contribution in [0.1, 0.15) is 50.5 Å². The molecule has 9 heteroatoms. The standard InChI is InChI=1S/C19H29NO3.C2HF3O2/c21-19(22)12-14-20-13-4-7-16-8-10-18(11-9-16)23-15-17-5-2-1-3-6-17;3-2(4,5)1(6)7/h8-11,17,20H,1-7,12-15H2,(H,21,22);(H,6,7). The predicted molar refractivity (Wildman–Crippen MR) is 106 cm³/mol. The van der Waals surface area contributed by atoms with E-state index in [0.717, 1.165) is 37.7 Å². The summed E-state index contributed by atoms with van der Waals surface area (Å²) in [6.07, 6.45) is 3.84. The second kappa shape index (κ2) is 13.8. The average molecular weight is 433 g/mol. The highest BCUT2D eigenvalue weighted by molar-refractivity contribution is 5.73. The number of aryl methyl sites for hydroxylation is 1. The van der Waals surface area contributed by atoms with Gasteiger partial charge in [-0.15, -0.1) is 0 Å². The van der Waals surface area contributed by atoms with Crippen LogP contribution in [0, 0.1) is 5.92 Å². The van der Waals surface area contributed by atoms with Crippen LogP contribution in [0.5, 0.6) is 5.75 Å². The molecule has 0 saturated heterocycles. The third-order valence-corrected chi connectivity index (χ3v) is 4.71. The molecule has 1 saturated carbocycles. The summed E-state index contributed by atoms with van der Waals surface area (Å²) in [5.74, 6) is -1.80. The second-order valence-corrected chi connectivity index (χ2v) is 7.26. The van der Waals surface area contributed by atoms with E-state index >= 15 is 0 Å². The monoisotopic (exact) mass is 433 g/mol. The summed E-state index contributed by atoms with van der Waals surface area (Å²) in [5, 5.41) is 18.8. The molecule has 0 unspecified atom stereocenters. The highest BCUT2D eigenvalue weighted by Gasteiger charge is 2.38. The van der Waals surface area contributed by atoms with E-state index in [-0.39, 0.29) is 6.42 Å². The molecule has 170 valence electrons. The molecular weight excluding hydrogens is 403 g/mol. The van der Waals surface area contributed by atoms with Gasteiger partial charge in [0.1, 0.15) is 5.75 Å². The fraction of sp³-hybridized carbons (Fsp3) is 0.619. The van der Waals surface area contributed by atoms with Crippen LogP contribution in [-0.2, 0) is 16.0 Å². The van der Waals surface area contributed by atoms with Crippen LogP contribution in [0.3, 0.4) is 0 Å². The Balaban J connectivity index is 0.000000553. The zero-order valence-electron chi connectivity index (χ0n) is 16.9. The van der Waals surface area contributed by atoms with E-state index in [9.17, 15) is 18.0 Å². The molecule has 0 heterocycles. The van der Waals surface area contributed by atoms with E-state index in [1.165, 1.54) is 37.7 Å². The Morgan fingerprint density at radius 3 is 2.17 bits per heavy atom. The van der Waals surface area contributed by atoms with Gasteiger partial charge in [0.15, 0.2) is 0 Å². The van der Waals surface area contributed by atoms with Gasteiger partial charge in [-0.05, 0) is 55.8 Å². The maximum absolute atomic E-state index is 10.6. The molecule has 3 N–H and O–H groups in total. The van der Waals surface area contributed by atoms with Crippen molar-refractivity contribution in [3.63, 3.8) is 0 Å². The molecule has 1 aromatic rings. The van der Waals surface area contributed by atoms with Crippen molar-refractivity contribution in [3.05, 3.63) is 29.8 Å². The molecule has 1 fully saturated rings. The quantitative estimate of drug-likeness (QED) is 0.477. The molecule has 0 atom stereocenters. The Hall–Kier alpha value is -2.29. The van der Waals surface area contributed by atoms with Crippen LogP contribution in [0.15, 0.2) is 24.3 Å². The van der Waals surface area contributed by atoms with Gasteiger partial charge in [-0.2, -0.15) is 13.2 Å². The van der Waals surface area contributed by atoms with Gasteiger partial charge in [0.2, 0.25) is 0 Å². The Kier molecular flexibility index (Phi) is 11.9. The van der Waals surface area contributed by atoms with E-state index in [2.05, 4.69) is 29.6 Å². The first-order valence-electron chi connectivity index (χ1n) is 10.1. The lowest BCUT2D eigenvalue weighted by molar-refractivity contribution is -0.192. The van der Waals surface area contributed by atoms with Crippen LogP contribution < -0.4 is 10.1 Å². The fourth-order valence-electron chi connectivity index (χ4n) is 3.06. The summed E-state index contributed by atoms with van der Waals surface area (Å²) in [6.45, 7) is 2.25. The Morgan fingerprint density at radius 1 is 1.03 bits per heavy atom. The molecule has 2 rings (SSSR count). The van der Waals surface area contributed by atoms with Crippen molar-refractivity contribution in [1.29, 1.82) is 0 Å². The maximum Gasteiger partial charge on any atom is 0.490 e. The highest BCUT2D eigenvalue weighted by atomic mass is 19.4. The number of aliphatic carboxylic acids is 2. The number of hydrogen-bond acceptors (Lipinski definition) is 4. The largest absolute Gasteiger partial charge is 0.493 e. The van der Waals surface area contributed by atoms with E-state index in [1.54, 1.807) is 0 Å². The highest BCUT2D eigenvalue weighted by Crippen LogP contribution is 2.24. The summed E-state index contributed by atoms with van der Waals surface area (Å²) in [6, 6.07) is 8.40. The van der Waals surface area contributed by atoms with Gasteiger partial charge in [0.05, 0.1) is 13.0 Å². The van der Waals surface area contributed by atoms with Crippen LogP contribution in [0.2, 0.25) is 0 Å². The topological polar surface area (TPSA) is 95.9 Å². The van der Waals surface area contributed by atoms with Crippen LogP contribution >= 0.6 is 0 Å². The van der Waals surface area contributed by atoms with Gasteiger partial charge in [-0.1, -0.05) is 31.4 Å². The first-order valence-corrected chi connectivity index (χ1v) is 10.1. The lowest BCUT2D eigenvalue weighted by atomic mass is 9.90. The number of hydrogen-bond donors (Lipinski definition) is 3. The lowest BCUT2D eigenvalue weighted by Gasteiger charge is -2.21. The number of benzene rings is 1. The molecule has 0 bridgehead atoms. The molecule has 1 aromatic carbocycles. The van der Waals surface area contributed by atoms with Gasteiger partial charge in [0.25, 0.3) is 0 Å². The molecule has 0 radical (unpaired) electrons. The number of carboxylic acids is 2. The minimum atomic E-state index is -5.08. The Labute approximate surface area is 174 Å². The number of nitrogens with one attached hydrogen (secondary N) is 1. The second-order valence-electron chi connectivity index (χ2n) is 7.26. The molecule has 0 aromatic heterocycles. The minimum Gasteiger partial charge on any atom is -0.493 e. The summed E-state index contributed by atoms with van der Waals surface area (Å²) in [5.41, 5.74) is 1.30. The van der Waals surface area contributed by atoms with Crippen molar-refractivity contribution in [1.82, 2.24) is 5.32 Å². The summed E-state index contributed by atoms with van der Waals surface area (Å²) < 4.78 is 37.6. The summed E-state index contributed by atoms with van der Waals surface area (Å²) in [7, 11) is 0. The van der Waals surface area contributed by atoms with E-state index in [1.807, 2.05) is 0 Å². The lowest BCUT2D eigenvalue weighted by Crippen LogP contribution is -2.21. The number of halogens is 3. The van der Waals surface area contributed by atoms with Gasteiger partial charge in [-0.3, -0.25) is 4.79 Å². The molecule has 1 aliphatic rings. The third-order valence-electron chi connectivity index (χ3n) is 4.71. The first-order chi connectivity index (χ1) is 14.2. The molecule has 0 aliphatic heterocycles. The van der Waals surface area contributed by atoms with Crippen molar-refractivity contribution in [2.45, 2.75) is 57.5 Å². The number of ether oxygens (including phenoxy) is 1. The molecule has 30 heavy (non-hydrogen) atoms. The molecular formula is C21H30F3NO5. The smallest absolute Gasteiger partial charge is 0.490 e. The van der Waals surface area contributed by atoms with Gasteiger partial charge < -0.3 is 20.3 Å². The summed E-state index contributed by atoms with van der Waals surface area (Å²) >= 11 is 0. The Morgan fingerprint density at radius 2 is 1.63 bits per heavy atom. The van der Waals surface area contributed by atoms with Crippen molar-refractivity contribution in [3.8, 4) is 5.75 Å². The average Bonchev–Trinajstić information content (AvgIpc) is 2.70. The van der Waals surface area contributed by atoms with Crippen molar-refractivity contribution < 1.29 is 37.7 Å². The number of rotatable bonds is 10. The van der Waals surface area contributed by atoms with Gasteiger partial charge >= 0.3 is 18.1 Å². The normalized spacial score (nSPS) is 14.5. The molecule has 0 spiro atoms. The molecule has 0 amide bonds. The van der Waals surface area contributed by atoms with Crippen LogP contribution in [-0.4, -0.2) is 48.0 Å². The van der Waals surface area contributed by atoms with Crippen molar-refractivity contribution in [2.75, 3.05) is 19.7 Å². The van der Waals surface area contributed by atoms with Gasteiger partial charge in [-0.25, -0.2) is 4.79 Å². The van der Waals surface area contributed by atoms with E-state index in [0.29, 0.717) is 6.54 Å². The third kappa shape index (κ3) is 12.3. The predicted octanol–water partition coefficient (Wildman–Crippen LogP) is 4.28. The number of alkyl halides is 3. The fourth-order valence-corrected chi connectivity index (χ4v) is 3.06. The van der Waals surface area contributed by atoms with Crippen LogP contribution in [0.25, 0.3) is 0 Å². The van der Waals surface area contributed by atoms with Crippen LogP contribution in [0.4, 0.5) is 13.2 Å². The summed E-state index contributed by atoms with van der Waals surface area (Å²) in [4.78, 5) is 19.3. The maximum atomic E-state index is 10.6. The molecule has 1 aliphatic carbocycles. The van der Waals surface area contributed by atoms with Crippen molar-refractivity contribution in [2.24, 2.45) is 5.92 Å².